The van der Waals surface area contributed by atoms with E-state index in [4.69, 9.17) is 39.5 Å². The van der Waals surface area contributed by atoms with Gasteiger partial charge < -0.3 is 4.74 Å². The van der Waals surface area contributed by atoms with E-state index in [1.165, 1.54) is 18.2 Å². The van der Waals surface area contributed by atoms with Gasteiger partial charge in [0.15, 0.2) is 0 Å². The van der Waals surface area contributed by atoms with Crippen molar-refractivity contribution in [2.45, 2.75) is 12.8 Å². The molecule has 0 atom stereocenters. The highest BCUT2D eigenvalue weighted by Crippen LogP contribution is 2.38. The zero-order valence-electron chi connectivity index (χ0n) is 16.8. The van der Waals surface area contributed by atoms with Crippen LogP contribution in [0.15, 0.2) is 54.6 Å². The van der Waals surface area contributed by atoms with Crippen LogP contribution < -0.4 is 4.90 Å². The van der Waals surface area contributed by atoms with Crippen LogP contribution in [0.4, 0.5) is 18.9 Å². The summed E-state index contributed by atoms with van der Waals surface area (Å²) in [5.41, 5.74) is -1.29. The number of alkyl halides is 3. The summed E-state index contributed by atoms with van der Waals surface area (Å²) in [4.78, 5) is 38.8. The Morgan fingerprint density at radius 3 is 2.24 bits per heavy atom. The molecule has 11 heteroatoms. The van der Waals surface area contributed by atoms with Gasteiger partial charge in [-0.05, 0) is 48.5 Å². The Kier molecular flexibility index (Phi) is 6.33. The molecule has 3 aromatic rings. The lowest BCUT2D eigenvalue weighted by molar-refractivity contribution is -0.137. The number of carbonyl (C=O) groups excluding carboxylic acids is 3. The van der Waals surface area contributed by atoms with Crippen molar-refractivity contribution in [2.75, 3.05) is 4.90 Å². The van der Waals surface area contributed by atoms with E-state index in [2.05, 4.69) is 0 Å². The highest BCUT2D eigenvalue weighted by Gasteiger charge is 2.40. The molecule has 0 saturated carbocycles. The number of imide groups is 1. The van der Waals surface area contributed by atoms with Crippen molar-refractivity contribution < 1.29 is 32.3 Å². The number of ether oxygens (including phenoxy) is 1. The highest BCUT2D eigenvalue weighted by molar-refractivity contribution is 6.40. The molecule has 0 aromatic heterocycles. The third-order valence-corrected chi connectivity index (χ3v) is 5.92. The number of hydrogen-bond donors (Lipinski definition) is 0. The lowest BCUT2D eigenvalue weighted by Gasteiger charge is -2.17. The Balaban J connectivity index is 1.60. The number of carbonyl (C=O) groups is 3. The second-order valence-corrected chi connectivity index (χ2v) is 8.43. The van der Waals surface area contributed by atoms with E-state index in [9.17, 15) is 27.6 Å². The topological polar surface area (TPSA) is 63.7 Å². The van der Waals surface area contributed by atoms with Crippen molar-refractivity contribution >= 4 is 58.3 Å². The fraction of sp³-hybridized carbons (Fsp3) is 0.0870. The van der Waals surface area contributed by atoms with E-state index in [-0.39, 0.29) is 28.3 Å². The van der Waals surface area contributed by atoms with Crippen molar-refractivity contribution in [1.29, 1.82) is 0 Å². The summed E-state index contributed by atoms with van der Waals surface area (Å²) in [6.45, 7) is -0.176. The second kappa shape index (κ2) is 8.94. The first-order valence-corrected chi connectivity index (χ1v) is 10.6. The van der Waals surface area contributed by atoms with Crippen molar-refractivity contribution in [1.82, 2.24) is 0 Å². The van der Waals surface area contributed by atoms with Gasteiger partial charge >= 0.3 is 12.1 Å². The van der Waals surface area contributed by atoms with Crippen molar-refractivity contribution in [2.24, 2.45) is 0 Å². The molecule has 1 aliphatic rings. The van der Waals surface area contributed by atoms with Gasteiger partial charge in [0, 0.05) is 15.6 Å². The number of nitrogens with zero attached hydrogens (tertiary/aromatic N) is 1. The molecule has 0 unspecified atom stereocenters. The molecule has 0 radical (unpaired) electrons. The van der Waals surface area contributed by atoms with E-state index >= 15 is 0 Å². The lowest BCUT2D eigenvalue weighted by atomic mass is 10.1. The average Bonchev–Trinajstić information content (AvgIpc) is 3.02. The summed E-state index contributed by atoms with van der Waals surface area (Å²) in [5.74, 6) is -2.59. The first-order chi connectivity index (χ1) is 16.0. The first-order valence-electron chi connectivity index (χ1n) is 9.48. The molecule has 1 aliphatic heterocycles. The molecule has 5 nitrogen and oxygen atoms in total. The minimum absolute atomic E-state index is 0.0398. The predicted octanol–water partition coefficient (Wildman–Crippen LogP) is 6.82. The molecule has 2 amide bonds. The minimum Gasteiger partial charge on any atom is -0.457 e. The third-order valence-electron chi connectivity index (χ3n) is 5.01. The maximum Gasteiger partial charge on any atom is 0.416 e. The van der Waals surface area contributed by atoms with Crippen LogP contribution in [-0.4, -0.2) is 17.8 Å². The normalized spacial score (nSPS) is 13.3. The lowest BCUT2D eigenvalue weighted by Crippen LogP contribution is -2.30. The molecular weight excluding hydrogens is 518 g/mol. The second-order valence-electron chi connectivity index (χ2n) is 7.18. The van der Waals surface area contributed by atoms with Gasteiger partial charge in [-0.3, -0.25) is 9.59 Å². The SMILES string of the molecule is O=C(OCc1ccc(Cl)cc1Cl)c1ccc2c(c1)C(=O)N(c1cc(C(F)(F)F)ccc1Cl)C2=O. The average molecular weight is 529 g/mol. The van der Waals surface area contributed by atoms with Crippen LogP contribution >= 0.6 is 34.8 Å². The fourth-order valence-corrected chi connectivity index (χ4v) is 3.98. The van der Waals surface area contributed by atoms with Crippen LogP contribution in [0, 0.1) is 0 Å². The van der Waals surface area contributed by atoms with Crippen molar-refractivity contribution in [3.8, 4) is 0 Å². The van der Waals surface area contributed by atoms with Crippen LogP contribution in [0.5, 0.6) is 0 Å². The summed E-state index contributed by atoms with van der Waals surface area (Å²) < 4.78 is 44.6. The molecule has 174 valence electrons. The number of benzene rings is 3. The molecule has 0 spiro atoms. The molecule has 34 heavy (non-hydrogen) atoms. The summed E-state index contributed by atoms with van der Waals surface area (Å²) in [6, 6.07) is 10.6. The number of fused-ring (bicyclic) bond motifs is 1. The van der Waals surface area contributed by atoms with Crippen LogP contribution in [-0.2, 0) is 17.5 Å². The van der Waals surface area contributed by atoms with E-state index < -0.39 is 35.2 Å². The summed E-state index contributed by atoms with van der Waals surface area (Å²) in [7, 11) is 0. The standard InChI is InChI=1S/C23H11Cl3F3NO4/c24-14-4-1-12(18(26)9-14)10-34-22(33)11-2-5-15-16(7-11)21(32)30(20(15)31)19-8-13(23(27,28)29)3-6-17(19)25/h1-9H,10H2. The number of hydrogen-bond acceptors (Lipinski definition) is 4. The Morgan fingerprint density at radius 1 is 0.853 bits per heavy atom. The molecule has 1 heterocycles. The molecule has 0 aliphatic carbocycles. The Hall–Kier alpha value is -3.07. The van der Waals surface area contributed by atoms with Crippen molar-refractivity contribution in [3.63, 3.8) is 0 Å². The number of rotatable bonds is 4. The van der Waals surface area contributed by atoms with Gasteiger partial charge in [0.25, 0.3) is 11.8 Å². The van der Waals surface area contributed by atoms with Gasteiger partial charge in [0.05, 0.1) is 33.0 Å². The van der Waals surface area contributed by atoms with Gasteiger partial charge in [-0.2, -0.15) is 13.2 Å². The number of amides is 2. The molecule has 0 bridgehead atoms. The highest BCUT2D eigenvalue weighted by atomic mass is 35.5. The van der Waals surface area contributed by atoms with E-state index in [1.807, 2.05) is 0 Å². The Morgan fingerprint density at radius 2 is 1.56 bits per heavy atom. The summed E-state index contributed by atoms with van der Waals surface area (Å²) in [6.07, 6.45) is -4.71. The van der Waals surface area contributed by atoms with Gasteiger partial charge in [-0.1, -0.05) is 40.9 Å². The monoisotopic (exact) mass is 527 g/mol. The van der Waals surface area contributed by atoms with Gasteiger partial charge in [-0.15, -0.1) is 0 Å². The Labute approximate surface area is 205 Å². The fourth-order valence-electron chi connectivity index (χ4n) is 3.31. The maximum absolute atomic E-state index is 13.1. The maximum atomic E-state index is 13.1. The van der Waals surface area contributed by atoms with E-state index in [0.29, 0.717) is 26.6 Å². The van der Waals surface area contributed by atoms with Gasteiger partial charge in [0.1, 0.15) is 6.61 Å². The molecule has 3 aromatic carbocycles. The number of anilines is 1. The number of esters is 1. The summed E-state index contributed by atoms with van der Waals surface area (Å²) >= 11 is 17.9. The van der Waals surface area contributed by atoms with Crippen LogP contribution in [0.2, 0.25) is 15.1 Å². The quantitative estimate of drug-likeness (QED) is 0.275. The van der Waals surface area contributed by atoms with E-state index in [1.54, 1.807) is 12.1 Å². The summed E-state index contributed by atoms with van der Waals surface area (Å²) in [5, 5.41) is 0.484. The largest absolute Gasteiger partial charge is 0.457 e. The molecular formula is C23H11Cl3F3NO4. The third kappa shape index (κ3) is 4.49. The number of halogens is 6. The molecule has 0 N–H and O–H groups in total. The zero-order valence-corrected chi connectivity index (χ0v) is 19.0. The predicted molar refractivity (Wildman–Crippen MR) is 120 cm³/mol. The van der Waals surface area contributed by atoms with Crippen LogP contribution in [0.1, 0.15) is 42.2 Å². The molecule has 4 rings (SSSR count). The molecule has 0 saturated heterocycles. The van der Waals surface area contributed by atoms with Gasteiger partial charge in [-0.25, -0.2) is 9.69 Å². The first kappa shape index (κ1) is 24.1. The smallest absolute Gasteiger partial charge is 0.416 e. The molecule has 0 fully saturated rings. The van der Waals surface area contributed by atoms with E-state index in [0.717, 1.165) is 18.2 Å². The van der Waals surface area contributed by atoms with Gasteiger partial charge in [0.2, 0.25) is 0 Å². The van der Waals surface area contributed by atoms with Crippen molar-refractivity contribution in [3.05, 3.63) is 97.5 Å². The van der Waals surface area contributed by atoms with Crippen LogP contribution in [0.25, 0.3) is 0 Å². The van der Waals surface area contributed by atoms with Crippen LogP contribution in [0.3, 0.4) is 0 Å². The Bertz CT molecular complexity index is 1360. The minimum atomic E-state index is -4.71. The zero-order chi connectivity index (χ0) is 24.8.